The SMILES string of the molecule is CC(C)[C@@H](NC(=O)c1cccc(-c2ccoc2)c1)C(=O)N1CCC(c2ccc(Cl)cc2)CC1. The minimum Gasteiger partial charge on any atom is -0.472 e. The number of likely N-dealkylation sites (tertiary alicyclic amines) is 1. The van der Waals surface area contributed by atoms with Gasteiger partial charge in [-0.1, -0.05) is 49.7 Å². The van der Waals surface area contributed by atoms with Crippen LogP contribution in [0.1, 0.15) is 48.5 Å². The van der Waals surface area contributed by atoms with E-state index in [1.54, 1.807) is 18.6 Å². The molecule has 0 radical (unpaired) electrons. The summed E-state index contributed by atoms with van der Waals surface area (Å²) in [6, 6.07) is 16.6. The van der Waals surface area contributed by atoms with Crippen LogP contribution >= 0.6 is 11.6 Å². The molecule has 3 aromatic rings. The van der Waals surface area contributed by atoms with E-state index < -0.39 is 6.04 Å². The van der Waals surface area contributed by atoms with Gasteiger partial charge in [-0.05, 0) is 66.1 Å². The number of nitrogens with one attached hydrogen (secondary N) is 1. The van der Waals surface area contributed by atoms with Crippen molar-refractivity contribution in [2.24, 2.45) is 5.92 Å². The van der Waals surface area contributed by atoms with Gasteiger partial charge in [-0.2, -0.15) is 0 Å². The van der Waals surface area contributed by atoms with Gasteiger partial charge >= 0.3 is 0 Å². The van der Waals surface area contributed by atoms with Crippen molar-refractivity contribution in [3.8, 4) is 11.1 Å². The van der Waals surface area contributed by atoms with Crippen LogP contribution in [0, 0.1) is 5.92 Å². The lowest BCUT2D eigenvalue weighted by atomic mass is 9.89. The van der Waals surface area contributed by atoms with Gasteiger partial charge in [0.2, 0.25) is 5.91 Å². The van der Waals surface area contributed by atoms with Crippen molar-refractivity contribution in [2.75, 3.05) is 13.1 Å². The monoisotopic (exact) mass is 464 g/mol. The molecule has 0 unspecified atom stereocenters. The van der Waals surface area contributed by atoms with E-state index in [1.807, 2.05) is 55.1 Å². The van der Waals surface area contributed by atoms with Crippen molar-refractivity contribution < 1.29 is 14.0 Å². The quantitative estimate of drug-likeness (QED) is 0.504. The molecule has 0 aliphatic carbocycles. The Morgan fingerprint density at radius 3 is 2.39 bits per heavy atom. The molecule has 1 fully saturated rings. The summed E-state index contributed by atoms with van der Waals surface area (Å²) in [6.45, 7) is 5.29. The minimum absolute atomic E-state index is 0.0149. The first-order chi connectivity index (χ1) is 15.9. The lowest BCUT2D eigenvalue weighted by molar-refractivity contribution is -0.135. The number of amides is 2. The van der Waals surface area contributed by atoms with Crippen molar-refractivity contribution in [2.45, 2.75) is 38.6 Å². The highest BCUT2D eigenvalue weighted by atomic mass is 35.5. The number of nitrogens with zero attached hydrogens (tertiary/aromatic N) is 1. The normalized spacial score (nSPS) is 15.5. The Morgan fingerprint density at radius 1 is 1.03 bits per heavy atom. The second kappa shape index (κ2) is 10.3. The van der Waals surface area contributed by atoms with Crippen LogP contribution in [0.5, 0.6) is 0 Å². The average molecular weight is 465 g/mol. The Balaban J connectivity index is 1.40. The molecule has 6 heteroatoms. The highest BCUT2D eigenvalue weighted by Crippen LogP contribution is 2.29. The average Bonchev–Trinajstić information content (AvgIpc) is 3.38. The van der Waals surface area contributed by atoms with Gasteiger partial charge in [0, 0.05) is 29.2 Å². The van der Waals surface area contributed by atoms with Crippen molar-refractivity contribution >= 4 is 23.4 Å². The molecule has 1 aromatic heterocycles. The molecular formula is C27H29ClN2O3. The van der Waals surface area contributed by atoms with Gasteiger partial charge in [0.05, 0.1) is 12.5 Å². The van der Waals surface area contributed by atoms with E-state index in [4.69, 9.17) is 16.0 Å². The van der Waals surface area contributed by atoms with Gasteiger partial charge in [-0.25, -0.2) is 0 Å². The second-order valence-corrected chi connectivity index (χ2v) is 9.38. The molecule has 1 aliphatic heterocycles. The summed E-state index contributed by atoms with van der Waals surface area (Å²) in [5.74, 6) is 0.138. The zero-order valence-corrected chi connectivity index (χ0v) is 19.7. The Kier molecular flexibility index (Phi) is 7.19. The molecule has 1 saturated heterocycles. The standard InChI is InChI=1S/C27H29ClN2O3/c1-18(2)25(29-26(31)22-5-3-4-21(16-22)23-12-15-33-17-23)27(32)30-13-10-20(11-14-30)19-6-8-24(28)9-7-19/h3-9,12,15-18,20,25H,10-11,13-14H2,1-2H3,(H,29,31)/t25-/m1/s1. The van der Waals surface area contributed by atoms with Crippen LogP contribution in [0.4, 0.5) is 0 Å². The number of furan rings is 1. The predicted octanol–water partition coefficient (Wildman–Crippen LogP) is 5.76. The van der Waals surface area contributed by atoms with E-state index in [1.165, 1.54) is 5.56 Å². The van der Waals surface area contributed by atoms with Crippen LogP contribution in [0.2, 0.25) is 5.02 Å². The zero-order chi connectivity index (χ0) is 23.4. The predicted molar refractivity (Wildman–Crippen MR) is 130 cm³/mol. The molecule has 5 nitrogen and oxygen atoms in total. The summed E-state index contributed by atoms with van der Waals surface area (Å²) in [4.78, 5) is 28.2. The zero-order valence-electron chi connectivity index (χ0n) is 19.0. The van der Waals surface area contributed by atoms with E-state index in [0.717, 1.165) is 29.0 Å². The van der Waals surface area contributed by atoms with Crippen LogP contribution in [-0.2, 0) is 4.79 Å². The van der Waals surface area contributed by atoms with Crippen molar-refractivity contribution in [3.63, 3.8) is 0 Å². The number of hydrogen-bond acceptors (Lipinski definition) is 3. The van der Waals surface area contributed by atoms with E-state index in [9.17, 15) is 9.59 Å². The molecule has 0 saturated carbocycles. The van der Waals surface area contributed by atoms with Crippen molar-refractivity contribution in [3.05, 3.63) is 83.3 Å². The van der Waals surface area contributed by atoms with Crippen LogP contribution < -0.4 is 5.32 Å². The Morgan fingerprint density at radius 2 is 1.76 bits per heavy atom. The molecular weight excluding hydrogens is 436 g/mol. The van der Waals surface area contributed by atoms with Crippen LogP contribution in [0.3, 0.4) is 0 Å². The number of hydrogen-bond donors (Lipinski definition) is 1. The summed E-state index contributed by atoms with van der Waals surface area (Å²) in [6.07, 6.45) is 5.05. The first-order valence-electron chi connectivity index (χ1n) is 11.4. The van der Waals surface area contributed by atoms with Gasteiger partial charge in [0.1, 0.15) is 6.04 Å². The van der Waals surface area contributed by atoms with Crippen molar-refractivity contribution in [1.29, 1.82) is 0 Å². The first kappa shape index (κ1) is 23.1. The van der Waals surface area contributed by atoms with E-state index in [-0.39, 0.29) is 17.7 Å². The molecule has 2 amide bonds. The van der Waals surface area contributed by atoms with Gasteiger partial charge < -0.3 is 14.6 Å². The molecule has 1 atom stereocenters. The lowest BCUT2D eigenvalue weighted by Crippen LogP contribution is -2.52. The number of rotatable bonds is 6. The smallest absolute Gasteiger partial charge is 0.251 e. The third-order valence-corrected chi connectivity index (χ3v) is 6.60. The Bertz CT molecular complexity index is 1080. The highest BCUT2D eigenvalue weighted by Gasteiger charge is 2.31. The summed E-state index contributed by atoms with van der Waals surface area (Å²) in [5, 5.41) is 3.72. The van der Waals surface area contributed by atoms with E-state index >= 15 is 0 Å². The number of benzene rings is 2. The number of carbonyl (C=O) groups excluding carboxylic acids is 2. The maximum absolute atomic E-state index is 13.3. The molecule has 172 valence electrons. The molecule has 0 spiro atoms. The fourth-order valence-corrected chi connectivity index (χ4v) is 4.50. The molecule has 1 aliphatic rings. The van der Waals surface area contributed by atoms with Crippen molar-refractivity contribution in [1.82, 2.24) is 10.2 Å². The fourth-order valence-electron chi connectivity index (χ4n) is 4.37. The minimum atomic E-state index is -0.567. The summed E-state index contributed by atoms with van der Waals surface area (Å²) in [7, 11) is 0. The van der Waals surface area contributed by atoms with E-state index in [2.05, 4.69) is 17.4 Å². The summed E-state index contributed by atoms with van der Waals surface area (Å²) < 4.78 is 5.15. The molecule has 2 heterocycles. The maximum atomic E-state index is 13.3. The second-order valence-electron chi connectivity index (χ2n) is 8.94. The molecule has 4 rings (SSSR count). The van der Waals surface area contributed by atoms with Gasteiger partial charge in [-0.15, -0.1) is 0 Å². The number of carbonyl (C=O) groups is 2. The first-order valence-corrected chi connectivity index (χ1v) is 11.8. The fraction of sp³-hybridized carbons (Fsp3) is 0.333. The topological polar surface area (TPSA) is 62.6 Å². The van der Waals surface area contributed by atoms with Gasteiger partial charge in [-0.3, -0.25) is 9.59 Å². The molecule has 0 bridgehead atoms. The van der Waals surface area contributed by atoms with Crippen LogP contribution in [0.25, 0.3) is 11.1 Å². The van der Waals surface area contributed by atoms with Crippen LogP contribution in [0.15, 0.2) is 71.5 Å². The third kappa shape index (κ3) is 5.48. The lowest BCUT2D eigenvalue weighted by Gasteiger charge is -2.35. The molecule has 33 heavy (non-hydrogen) atoms. The van der Waals surface area contributed by atoms with E-state index in [0.29, 0.717) is 24.6 Å². The largest absolute Gasteiger partial charge is 0.472 e. The van der Waals surface area contributed by atoms with Crippen LogP contribution in [-0.4, -0.2) is 35.8 Å². The maximum Gasteiger partial charge on any atom is 0.251 e. The Hall–Kier alpha value is -3.05. The Labute approximate surface area is 199 Å². The summed E-state index contributed by atoms with van der Waals surface area (Å²) >= 11 is 6.01. The molecule has 2 aromatic carbocycles. The summed E-state index contributed by atoms with van der Waals surface area (Å²) in [5.41, 5.74) is 3.59. The molecule has 1 N–H and O–H groups in total. The number of halogens is 1. The van der Waals surface area contributed by atoms with Gasteiger partial charge in [0.15, 0.2) is 0 Å². The van der Waals surface area contributed by atoms with Gasteiger partial charge in [0.25, 0.3) is 5.91 Å². The third-order valence-electron chi connectivity index (χ3n) is 6.35. The highest BCUT2D eigenvalue weighted by molar-refractivity contribution is 6.30. The number of piperidine rings is 1.